The van der Waals surface area contributed by atoms with Crippen molar-refractivity contribution in [2.24, 2.45) is 0 Å². The van der Waals surface area contributed by atoms with Gasteiger partial charge < -0.3 is 20.5 Å². The maximum Gasteiger partial charge on any atom is 0.408 e. The Morgan fingerprint density at radius 2 is 1.67 bits per heavy atom. The number of aryl methyl sites for hydroxylation is 1. The second kappa shape index (κ2) is 11.0. The lowest BCUT2D eigenvalue weighted by Crippen LogP contribution is -2.52. The molecule has 2 aromatic carbocycles. The molecule has 2 saturated carbocycles. The van der Waals surface area contributed by atoms with Crippen LogP contribution < -0.4 is 10.6 Å². The molecule has 0 saturated heterocycles. The summed E-state index contributed by atoms with van der Waals surface area (Å²) in [5.74, 6) is 2.04. The number of amides is 1. The van der Waals surface area contributed by atoms with Crippen molar-refractivity contribution in [3.05, 3.63) is 66.0 Å². The average Bonchev–Trinajstić information content (AvgIpc) is 3.31. The number of hydrogen-bond donors (Lipinski definition) is 3. The van der Waals surface area contributed by atoms with E-state index < -0.39 is 17.2 Å². The predicted molar refractivity (Wildman–Crippen MR) is 163 cm³/mol. The van der Waals surface area contributed by atoms with Gasteiger partial charge in [-0.2, -0.15) is 9.50 Å². The van der Waals surface area contributed by atoms with E-state index in [4.69, 9.17) is 14.8 Å². The van der Waals surface area contributed by atoms with Crippen molar-refractivity contribution in [3.63, 3.8) is 0 Å². The van der Waals surface area contributed by atoms with Crippen LogP contribution in [0.1, 0.15) is 77.1 Å². The molecule has 2 aliphatic rings. The quantitative estimate of drug-likeness (QED) is 0.247. The minimum atomic E-state index is -0.555. The summed E-state index contributed by atoms with van der Waals surface area (Å²) in [6.45, 7) is 7.50. The van der Waals surface area contributed by atoms with Crippen molar-refractivity contribution in [2.75, 3.05) is 5.32 Å². The van der Waals surface area contributed by atoms with Gasteiger partial charge in [-0.25, -0.2) is 9.78 Å². The minimum absolute atomic E-state index is 0.207. The molecule has 0 bridgehead atoms. The van der Waals surface area contributed by atoms with Crippen LogP contribution in [-0.2, 0) is 10.3 Å². The zero-order chi connectivity index (χ0) is 29.5. The van der Waals surface area contributed by atoms with E-state index in [-0.39, 0.29) is 12.1 Å². The van der Waals surface area contributed by atoms with Crippen LogP contribution in [0.5, 0.6) is 0 Å². The molecule has 220 valence electrons. The first-order valence-corrected chi connectivity index (χ1v) is 15.0. The number of ether oxygens (including phenoxy) is 1. The van der Waals surface area contributed by atoms with Crippen LogP contribution in [0.25, 0.3) is 28.2 Å². The Kier molecular flexibility index (Phi) is 7.39. The zero-order valence-electron chi connectivity index (χ0n) is 24.9. The number of benzene rings is 2. The fourth-order valence-corrected chi connectivity index (χ4v) is 6.10. The lowest BCUT2D eigenvalue weighted by molar-refractivity contribution is 0.0377. The molecular weight excluding hydrogens is 528 g/mol. The highest BCUT2D eigenvalue weighted by molar-refractivity contribution is 5.89. The van der Waals surface area contributed by atoms with E-state index in [9.17, 15) is 9.90 Å². The fourth-order valence-electron chi connectivity index (χ4n) is 6.10. The average molecular weight is 569 g/mol. The summed E-state index contributed by atoms with van der Waals surface area (Å²) in [5, 5.41) is 21.7. The van der Waals surface area contributed by atoms with Gasteiger partial charge in [0.05, 0.1) is 22.9 Å². The zero-order valence-corrected chi connectivity index (χ0v) is 24.9. The van der Waals surface area contributed by atoms with Crippen molar-refractivity contribution in [2.45, 2.75) is 95.9 Å². The van der Waals surface area contributed by atoms with Crippen LogP contribution in [0.2, 0.25) is 0 Å². The molecule has 42 heavy (non-hydrogen) atoms. The first kappa shape index (κ1) is 28.2. The van der Waals surface area contributed by atoms with E-state index in [0.717, 1.165) is 78.7 Å². The van der Waals surface area contributed by atoms with E-state index in [2.05, 4.69) is 52.0 Å². The maximum absolute atomic E-state index is 12.7. The van der Waals surface area contributed by atoms with Crippen LogP contribution in [0.15, 0.2) is 54.6 Å². The summed E-state index contributed by atoms with van der Waals surface area (Å²) >= 11 is 0. The monoisotopic (exact) mass is 568 g/mol. The van der Waals surface area contributed by atoms with Crippen LogP contribution in [-0.4, -0.2) is 48.5 Å². The highest BCUT2D eigenvalue weighted by Gasteiger charge is 2.41. The molecule has 0 unspecified atom stereocenters. The third kappa shape index (κ3) is 5.70. The second-order valence-corrected chi connectivity index (χ2v) is 12.7. The molecule has 2 aromatic heterocycles. The van der Waals surface area contributed by atoms with Gasteiger partial charge in [0.1, 0.15) is 17.2 Å². The number of nitrogens with zero attached hydrogens (tertiary/aromatic N) is 4. The van der Waals surface area contributed by atoms with Crippen molar-refractivity contribution in [1.82, 2.24) is 24.9 Å². The molecule has 2 aliphatic carbocycles. The number of alkyl carbamates (subject to hydrolysis) is 1. The van der Waals surface area contributed by atoms with Gasteiger partial charge in [0.25, 0.3) is 5.78 Å². The summed E-state index contributed by atoms with van der Waals surface area (Å²) in [6.07, 6.45) is 5.47. The van der Waals surface area contributed by atoms with Gasteiger partial charge in [-0.1, -0.05) is 54.6 Å². The lowest BCUT2D eigenvalue weighted by Gasteiger charge is -2.43. The number of carbonyl (C=O) groups is 1. The van der Waals surface area contributed by atoms with Gasteiger partial charge in [0.15, 0.2) is 0 Å². The second-order valence-electron chi connectivity index (χ2n) is 12.7. The van der Waals surface area contributed by atoms with Gasteiger partial charge in [0, 0.05) is 11.6 Å². The normalized spacial score (nSPS) is 20.1. The van der Waals surface area contributed by atoms with Crippen molar-refractivity contribution >= 4 is 17.7 Å². The molecular formula is C33H40N6O3. The van der Waals surface area contributed by atoms with E-state index in [1.807, 2.05) is 50.4 Å². The van der Waals surface area contributed by atoms with Crippen molar-refractivity contribution in [3.8, 4) is 22.4 Å². The molecule has 9 heteroatoms. The topological polar surface area (TPSA) is 114 Å². The van der Waals surface area contributed by atoms with Gasteiger partial charge in [0.2, 0.25) is 0 Å². The Balaban J connectivity index is 1.42. The van der Waals surface area contributed by atoms with Gasteiger partial charge in [-0.15, -0.1) is 5.10 Å². The van der Waals surface area contributed by atoms with Gasteiger partial charge in [-0.3, -0.25) is 0 Å². The standard InChI is InChI=1S/C33H40N6O3/c1-21-34-30-36-28(23-11-13-24(14-12-23)33(19-8-20-33)37-31(41)42-32(2,3)4)27(22-9-6-5-7-10-22)29(39(30)38-21)35-25-15-17-26(40)18-16-25/h5-7,9-14,25-26,35,40H,8,15-20H2,1-4H3,(H,37,41). The molecule has 0 atom stereocenters. The Bertz CT molecular complexity index is 1560. The number of fused-ring (bicyclic) bond motifs is 1. The molecule has 0 aliphatic heterocycles. The molecule has 2 heterocycles. The number of aromatic nitrogens is 4. The lowest BCUT2D eigenvalue weighted by atomic mass is 9.71. The highest BCUT2D eigenvalue weighted by Crippen LogP contribution is 2.43. The number of rotatable bonds is 6. The molecule has 2 fully saturated rings. The molecule has 9 nitrogen and oxygen atoms in total. The van der Waals surface area contributed by atoms with Crippen LogP contribution in [0.4, 0.5) is 10.6 Å². The molecule has 6 rings (SSSR count). The Hall–Kier alpha value is -3.98. The summed E-state index contributed by atoms with van der Waals surface area (Å²) < 4.78 is 7.39. The Morgan fingerprint density at radius 1 is 0.976 bits per heavy atom. The maximum atomic E-state index is 12.7. The van der Waals surface area contributed by atoms with Crippen molar-refractivity contribution < 1.29 is 14.6 Å². The summed E-state index contributed by atoms with van der Waals surface area (Å²) in [6, 6.07) is 18.8. The largest absolute Gasteiger partial charge is 0.444 e. The molecule has 3 N–H and O–H groups in total. The smallest absolute Gasteiger partial charge is 0.408 e. The first-order valence-electron chi connectivity index (χ1n) is 15.0. The minimum Gasteiger partial charge on any atom is -0.444 e. The number of hydrogen-bond acceptors (Lipinski definition) is 7. The van der Waals surface area contributed by atoms with Crippen molar-refractivity contribution in [1.29, 1.82) is 0 Å². The number of anilines is 1. The number of nitrogens with one attached hydrogen (secondary N) is 2. The summed E-state index contributed by atoms with van der Waals surface area (Å²) in [5.41, 5.74) is 3.83. The van der Waals surface area contributed by atoms with E-state index >= 15 is 0 Å². The molecule has 4 aromatic rings. The number of carbonyl (C=O) groups excluding carboxylic acids is 1. The summed E-state index contributed by atoms with van der Waals surface area (Å²) in [7, 11) is 0. The fraction of sp³-hybridized carbons (Fsp3) is 0.455. The predicted octanol–water partition coefficient (Wildman–Crippen LogP) is 6.39. The number of aliphatic hydroxyl groups is 1. The van der Waals surface area contributed by atoms with E-state index in [1.54, 1.807) is 0 Å². The van der Waals surface area contributed by atoms with Gasteiger partial charge >= 0.3 is 6.09 Å². The van der Waals surface area contributed by atoms with Crippen LogP contribution in [0, 0.1) is 6.92 Å². The Labute approximate surface area is 246 Å². The third-order valence-corrected chi connectivity index (χ3v) is 8.35. The highest BCUT2D eigenvalue weighted by atomic mass is 16.6. The van der Waals surface area contributed by atoms with E-state index in [1.165, 1.54) is 0 Å². The molecule has 0 spiro atoms. The first-order chi connectivity index (χ1) is 20.1. The van der Waals surface area contributed by atoms with Crippen LogP contribution in [0.3, 0.4) is 0 Å². The summed E-state index contributed by atoms with van der Waals surface area (Å²) in [4.78, 5) is 22.4. The third-order valence-electron chi connectivity index (χ3n) is 8.35. The van der Waals surface area contributed by atoms with Crippen LogP contribution >= 0.6 is 0 Å². The Morgan fingerprint density at radius 3 is 2.29 bits per heavy atom. The van der Waals surface area contributed by atoms with Gasteiger partial charge in [-0.05, 0) is 83.8 Å². The molecule has 0 radical (unpaired) electrons. The molecule has 1 amide bonds. The SMILES string of the molecule is Cc1nc2nc(-c3ccc(C4(NC(=O)OC(C)(C)C)CCC4)cc3)c(-c3ccccc3)c(NC3CCC(O)CC3)n2n1. The number of aliphatic hydroxyl groups excluding tert-OH is 1. The van der Waals surface area contributed by atoms with E-state index in [0.29, 0.717) is 11.6 Å².